The van der Waals surface area contributed by atoms with Gasteiger partial charge in [0.2, 0.25) is 5.91 Å². The van der Waals surface area contributed by atoms with E-state index in [9.17, 15) is 4.79 Å². The third-order valence-electron chi connectivity index (χ3n) is 4.22. The highest BCUT2D eigenvalue weighted by atomic mass is 35.5. The number of pyridine rings is 1. The lowest BCUT2D eigenvalue weighted by atomic mass is 10.0. The van der Waals surface area contributed by atoms with Gasteiger partial charge in [-0.15, -0.1) is 0 Å². The summed E-state index contributed by atoms with van der Waals surface area (Å²) < 4.78 is 0. The average molecular weight is 367 g/mol. The summed E-state index contributed by atoms with van der Waals surface area (Å²) in [6.45, 7) is 6.01. The molecule has 1 aromatic heterocycles. The van der Waals surface area contributed by atoms with E-state index in [4.69, 9.17) is 16.4 Å². The van der Waals surface area contributed by atoms with Crippen molar-refractivity contribution >= 4 is 23.2 Å². The van der Waals surface area contributed by atoms with E-state index in [0.717, 1.165) is 30.5 Å². The molecule has 2 heterocycles. The molecule has 138 valence electrons. The summed E-state index contributed by atoms with van der Waals surface area (Å²) in [4.78, 5) is 23.8. The Bertz CT molecular complexity index is 596. The van der Waals surface area contributed by atoms with Crippen molar-refractivity contribution in [2.45, 2.75) is 45.8 Å². The van der Waals surface area contributed by atoms with Crippen molar-refractivity contribution < 1.29 is 9.63 Å². The van der Waals surface area contributed by atoms with Gasteiger partial charge in [0.05, 0.1) is 11.8 Å². The number of carbonyl (C=O) groups excluding carboxylic acids is 1. The number of likely N-dealkylation sites (tertiary alicyclic amines) is 1. The van der Waals surface area contributed by atoms with Crippen LogP contribution in [0.5, 0.6) is 0 Å². The zero-order chi connectivity index (χ0) is 18.2. The molecule has 1 aliphatic heterocycles. The first-order chi connectivity index (χ1) is 12.0. The first-order valence-electron chi connectivity index (χ1n) is 8.73. The molecule has 0 unspecified atom stereocenters. The Morgan fingerprint density at radius 2 is 2.16 bits per heavy atom. The molecule has 1 saturated heterocycles. The fraction of sp³-hybridized carbons (Fsp3) is 0.611. The molecule has 0 bridgehead atoms. The third-order valence-corrected chi connectivity index (χ3v) is 4.43. The van der Waals surface area contributed by atoms with E-state index in [1.165, 1.54) is 0 Å². The Morgan fingerprint density at radius 1 is 1.44 bits per heavy atom. The molecule has 0 spiro atoms. The number of oxime groups is 1. The Morgan fingerprint density at radius 3 is 2.76 bits per heavy atom. The van der Waals surface area contributed by atoms with Crippen LogP contribution < -0.4 is 5.32 Å². The van der Waals surface area contributed by atoms with Gasteiger partial charge in [-0.3, -0.25) is 4.79 Å². The van der Waals surface area contributed by atoms with Crippen molar-refractivity contribution in [2.24, 2.45) is 11.1 Å². The van der Waals surface area contributed by atoms with E-state index in [0.29, 0.717) is 30.8 Å². The summed E-state index contributed by atoms with van der Waals surface area (Å²) >= 11 is 5.84. The minimum absolute atomic E-state index is 0.105. The van der Waals surface area contributed by atoms with Crippen molar-refractivity contribution in [3.05, 3.63) is 29.0 Å². The van der Waals surface area contributed by atoms with Crippen LogP contribution in [0.15, 0.2) is 23.5 Å². The van der Waals surface area contributed by atoms with Gasteiger partial charge >= 0.3 is 0 Å². The van der Waals surface area contributed by atoms with Crippen LogP contribution in [0.25, 0.3) is 0 Å². The molecule has 0 radical (unpaired) electrons. The number of rotatable bonds is 7. The lowest BCUT2D eigenvalue weighted by Crippen LogP contribution is -2.48. The predicted octanol–water partition coefficient (Wildman–Crippen LogP) is 2.86. The zero-order valence-corrected chi connectivity index (χ0v) is 15.9. The van der Waals surface area contributed by atoms with Gasteiger partial charge in [0, 0.05) is 32.1 Å². The monoisotopic (exact) mass is 366 g/mol. The van der Waals surface area contributed by atoms with Gasteiger partial charge in [0.15, 0.2) is 0 Å². The van der Waals surface area contributed by atoms with Crippen molar-refractivity contribution in [1.29, 1.82) is 0 Å². The van der Waals surface area contributed by atoms with Gasteiger partial charge in [0.25, 0.3) is 0 Å². The predicted molar refractivity (Wildman–Crippen MR) is 99.6 cm³/mol. The van der Waals surface area contributed by atoms with Crippen LogP contribution in [-0.2, 0) is 16.2 Å². The lowest BCUT2D eigenvalue weighted by molar-refractivity contribution is -0.133. The molecule has 7 heteroatoms. The van der Waals surface area contributed by atoms with Crippen molar-refractivity contribution in [2.75, 3.05) is 20.1 Å². The number of carbonyl (C=O) groups is 1. The molecule has 1 fully saturated rings. The Labute approximate surface area is 154 Å². The molecule has 0 aliphatic carbocycles. The topological polar surface area (TPSA) is 66.8 Å². The maximum absolute atomic E-state index is 12.6. The summed E-state index contributed by atoms with van der Waals surface area (Å²) in [5.74, 6) is 0.668. The maximum Gasteiger partial charge on any atom is 0.239 e. The molecule has 6 nitrogen and oxygen atoms in total. The second kappa shape index (κ2) is 9.73. The molecule has 0 saturated carbocycles. The molecular weight excluding hydrogens is 340 g/mol. The number of nitrogens with zero attached hydrogens (tertiary/aromatic N) is 3. The quantitative estimate of drug-likeness (QED) is 0.595. The highest BCUT2D eigenvalue weighted by molar-refractivity contribution is 6.29. The molecule has 2 rings (SSSR count). The number of halogens is 1. The van der Waals surface area contributed by atoms with Crippen LogP contribution in [0, 0.1) is 5.92 Å². The van der Waals surface area contributed by atoms with Crippen LogP contribution in [0.2, 0.25) is 5.15 Å². The molecule has 1 aliphatic rings. The third kappa shape index (κ3) is 6.29. The smallest absolute Gasteiger partial charge is 0.239 e. The molecule has 25 heavy (non-hydrogen) atoms. The lowest BCUT2D eigenvalue weighted by Gasteiger charge is -2.31. The first-order valence-corrected chi connectivity index (χ1v) is 9.11. The standard InChI is InChI=1S/C18H27ClN4O2/c1-13(2)10-16(20-3)18(24)23-8-5-15(6-9-23)22-25-12-14-4-7-21-17(19)11-14/h4,7,11,13,16,20H,5-6,8-10,12H2,1-3H3/t16-/m0/s1. The van der Waals surface area contributed by atoms with E-state index in [2.05, 4.69) is 29.3 Å². The van der Waals surface area contributed by atoms with Gasteiger partial charge in [-0.25, -0.2) is 4.98 Å². The fourth-order valence-corrected chi connectivity index (χ4v) is 3.04. The van der Waals surface area contributed by atoms with Crippen molar-refractivity contribution in [3.63, 3.8) is 0 Å². The van der Waals surface area contributed by atoms with Gasteiger partial charge in [-0.1, -0.05) is 30.6 Å². The second-order valence-corrected chi connectivity index (χ2v) is 7.10. The summed E-state index contributed by atoms with van der Waals surface area (Å²) in [6.07, 6.45) is 4.00. The summed E-state index contributed by atoms with van der Waals surface area (Å²) in [5, 5.41) is 7.80. The van der Waals surface area contributed by atoms with E-state index in [1.54, 1.807) is 12.3 Å². The van der Waals surface area contributed by atoms with Crippen LogP contribution in [0.3, 0.4) is 0 Å². The zero-order valence-electron chi connectivity index (χ0n) is 15.2. The fourth-order valence-electron chi connectivity index (χ4n) is 2.84. The molecule has 1 N–H and O–H groups in total. The number of nitrogens with one attached hydrogen (secondary N) is 1. The van der Waals surface area contributed by atoms with Gasteiger partial charge < -0.3 is 15.1 Å². The largest absolute Gasteiger partial charge is 0.391 e. The highest BCUT2D eigenvalue weighted by Gasteiger charge is 2.26. The van der Waals surface area contributed by atoms with Crippen molar-refractivity contribution in [1.82, 2.24) is 15.2 Å². The molecule has 1 amide bonds. The first kappa shape index (κ1) is 19.7. The number of aromatic nitrogens is 1. The molecule has 0 aromatic carbocycles. The minimum Gasteiger partial charge on any atom is -0.391 e. The van der Waals surface area contributed by atoms with Crippen molar-refractivity contribution in [3.8, 4) is 0 Å². The summed E-state index contributed by atoms with van der Waals surface area (Å²) in [7, 11) is 1.85. The van der Waals surface area contributed by atoms with E-state index < -0.39 is 0 Å². The summed E-state index contributed by atoms with van der Waals surface area (Å²) in [5.41, 5.74) is 1.93. The number of hydrogen-bond acceptors (Lipinski definition) is 5. The van der Waals surface area contributed by atoms with E-state index in [1.807, 2.05) is 18.0 Å². The average Bonchev–Trinajstić information content (AvgIpc) is 2.59. The van der Waals surface area contributed by atoms with Gasteiger partial charge in [-0.2, -0.15) is 0 Å². The van der Waals surface area contributed by atoms with Gasteiger partial charge in [-0.05, 0) is 37.1 Å². The molecule has 1 atom stereocenters. The van der Waals surface area contributed by atoms with Crippen LogP contribution in [0.1, 0.15) is 38.7 Å². The van der Waals surface area contributed by atoms with Crippen LogP contribution in [0.4, 0.5) is 0 Å². The normalized spacial score (nSPS) is 16.0. The number of likely N-dealkylation sites (N-methyl/N-ethyl adjacent to an activating group) is 1. The SMILES string of the molecule is CN[C@@H](CC(C)C)C(=O)N1CCC(=NOCc2ccnc(Cl)c2)CC1. The number of piperidine rings is 1. The van der Waals surface area contributed by atoms with E-state index >= 15 is 0 Å². The van der Waals surface area contributed by atoms with E-state index in [-0.39, 0.29) is 11.9 Å². The van der Waals surface area contributed by atoms with Gasteiger partial charge in [0.1, 0.15) is 11.8 Å². The minimum atomic E-state index is -0.105. The molecular formula is C18H27ClN4O2. The number of amides is 1. The Kier molecular flexibility index (Phi) is 7.65. The highest BCUT2D eigenvalue weighted by Crippen LogP contribution is 2.14. The van der Waals surface area contributed by atoms with Crippen LogP contribution >= 0.6 is 11.6 Å². The Hall–Kier alpha value is -1.66. The molecule has 1 aromatic rings. The Balaban J connectivity index is 1.79. The number of hydrogen-bond donors (Lipinski definition) is 1. The van der Waals surface area contributed by atoms with Crippen LogP contribution in [-0.4, -0.2) is 47.7 Å². The maximum atomic E-state index is 12.6. The summed E-state index contributed by atoms with van der Waals surface area (Å²) in [6, 6.07) is 3.50. The second-order valence-electron chi connectivity index (χ2n) is 6.71.